The van der Waals surface area contributed by atoms with Gasteiger partial charge in [-0.2, -0.15) is 0 Å². The van der Waals surface area contributed by atoms with Crippen LogP contribution in [0, 0.1) is 10.8 Å². The molecule has 0 heterocycles. The Labute approximate surface area is 89.7 Å². The van der Waals surface area contributed by atoms with Crippen molar-refractivity contribution < 1.29 is 24.9 Å². The molecule has 15 heavy (non-hydrogen) atoms. The van der Waals surface area contributed by atoms with E-state index < -0.39 is 22.8 Å². The van der Waals surface area contributed by atoms with E-state index in [2.05, 4.69) is 0 Å². The number of carbonyl (C=O) groups is 2. The minimum atomic E-state index is -0.986. The summed E-state index contributed by atoms with van der Waals surface area (Å²) in [6, 6.07) is 0. The first-order valence-corrected chi connectivity index (χ1v) is 4.53. The van der Waals surface area contributed by atoms with Gasteiger partial charge in [-0.15, -0.1) is 0 Å². The third-order valence-corrected chi connectivity index (χ3v) is 1.62. The van der Waals surface area contributed by atoms with Crippen LogP contribution in [0.25, 0.3) is 0 Å². The molecule has 5 nitrogen and oxygen atoms in total. The van der Waals surface area contributed by atoms with Gasteiger partial charge >= 0.3 is 11.9 Å². The van der Waals surface area contributed by atoms with E-state index in [1.54, 1.807) is 20.8 Å². The summed E-state index contributed by atoms with van der Waals surface area (Å²) in [6.07, 6.45) is 0. The first-order chi connectivity index (χ1) is 6.45. The molecular formula is C10H20O5. The van der Waals surface area contributed by atoms with Crippen LogP contribution < -0.4 is 0 Å². The summed E-state index contributed by atoms with van der Waals surface area (Å²) in [5.41, 5.74) is -1.57. The van der Waals surface area contributed by atoms with E-state index >= 15 is 0 Å². The molecule has 0 aromatic carbocycles. The molecule has 0 aliphatic heterocycles. The maximum Gasteiger partial charge on any atom is 0.311 e. The van der Waals surface area contributed by atoms with E-state index in [0.29, 0.717) is 0 Å². The molecule has 0 bridgehead atoms. The van der Waals surface area contributed by atoms with Gasteiger partial charge in [0.15, 0.2) is 0 Å². The second kappa shape index (κ2) is 5.70. The highest BCUT2D eigenvalue weighted by molar-refractivity contribution is 5.73. The van der Waals surface area contributed by atoms with E-state index in [0.717, 1.165) is 0 Å². The normalized spacial score (nSPS) is 11.3. The number of carboxylic acids is 2. The van der Waals surface area contributed by atoms with Gasteiger partial charge in [0.25, 0.3) is 0 Å². The monoisotopic (exact) mass is 220 g/mol. The van der Waals surface area contributed by atoms with Gasteiger partial charge in [0.2, 0.25) is 0 Å². The maximum atomic E-state index is 10.1. The van der Waals surface area contributed by atoms with Gasteiger partial charge in [0, 0.05) is 0 Å². The molecule has 0 aromatic rings. The molecule has 0 aromatic heterocycles. The van der Waals surface area contributed by atoms with Crippen LogP contribution in [0.15, 0.2) is 0 Å². The van der Waals surface area contributed by atoms with E-state index in [1.807, 2.05) is 0 Å². The number of carboxylic acid groups (broad SMARTS) is 2. The predicted molar refractivity (Wildman–Crippen MR) is 55.6 cm³/mol. The fourth-order valence-corrected chi connectivity index (χ4v) is 0.0676. The molecule has 0 fully saturated rings. The summed E-state index contributed by atoms with van der Waals surface area (Å²) in [5.74, 6) is -1.73. The molecule has 0 saturated heterocycles. The van der Waals surface area contributed by atoms with Crippen LogP contribution in [0.4, 0.5) is 0 Å². The lowest BCUT2D eigenvalue weighted by atomic mass is 9.96. The van der Waals surface area contributed by atoms with Gasteiger partial charge in [-0.1, -0.05) is 0 Å². The summed E-state index contributed by atoms with van der Waals surface area (Å²) < 4.78 is 0. The molecule has 3 N–H and O–H groups in total. The number of hydrogen-bond acceptors (Lipinski definition) is 3. The van der Waals surface area contributed by atoms with Crippen LogP contribution in [-0.4, -0.2) is 33.9 Å². The van der Waals surface area contributed by atoms with Crippen molar-refractivity contribution in [3.63, 3.8) is 0 Å². The van der Waals surface area contributed by atoms with Crippen LogP contribution in [0.2, 0.25) is 0 Å². The largest absolute Gasteiger partial charge is 0.481 e. The third kappa shape index (κ3) is 7.93. The molecule has 0 aliphatic rings. The van der Waals surface area contributed by atoms with Crippen molar-refractivity contribution in [2.45, 2.75) is 34.6 Å². The fourth-order valence-electron chi connectivity index (χ4n) is 0.0676. The van der Waals surface area contributed by atoms with Crippen LogP contribution in [-0.2, 0) is 9.59 Å². The van der Waals surface area contributed by atoms with Crippen LogP contribution in [0.1, 0.15) is 34.6 Å². The van der Waals surface area contributed by atoms with Gasteiger partial charge in [0.05, 0.1) is 17.4 Å². The van der Waals surface area contributed by atoms with E-state index in [4.69, 9.17) is 15.3 Å². The lowest BCUT2D eigenvalue weighted by Gasteiger charge is -2.13. The first-order valence-electron chi connectivity index (χ1n) is 4.53. The average Bonchev–Trinajstić information content (AvgIpc) is 2.03. The van der Waals surface area contributed by atoms with Crippen LogP contribution >= 0.6 is 0 Å². The number of rotatable bonds is 2. The number of hydrogen-bond donors (Lipinski definition) is 3. The summed E-state index contributed by atoms with van der Waals surface area (Å²) in [4.78, 5) is 20.1. The minimum Gasteiger partial charge on any atom is -0.481 e. The smallest absolute Gasteiger partial charge is 0.311 e. The Kier molecular flexibility index (Phi) is 6.21. The highest BCUT2D eigenvalue weighted by Gasteiger charge is 2.25. The molecule has 0 rings (SSSR count). The molecular weight excluding hydrogens is 200 g/mol. The Morgan fingerprint density at radius 1 is 0.933 bits per heavy atom. The molecule has 0 radical (unpaired) electrons. The van der Waals surface area contributed by atoms with Crippen LogP contribution in [0.5, 0.6) is 0 Å². The van der Waals surface area contributed by atoms with Gasteiger partial charge < -0.3 is 15.3 Å². The summed E-state index contributed by atoms with van der Waals surface area (Å²) in [6.45, 7) is 7.60. The Bertz CT molecular complexity index is 224. The number of aliphatic hydroxyl groups excluding tert-OH is 1. The zero-order valence-electron chi connectivity index (χ0n) is 9.87. The SMILES string of the molecule is CC(C)(C)C(=O)O.CC(C)(CO)C(=O)O. The van der Waals surface area contributed by atoms with Crippen molar-refractivity contribution >= 4 is 11.9 Å². The quantitative estimate of drug-likeness (QED) is 0.650. The standard InChI is InChI=1S/C5H10O3.C5H10O2/c1-5(2,3-6)4(7)8;1-5(2,3)4(6)7/h6H,3H2,1-2H3,(H,7,8);1-3H3,(H,6,7). The molecule has 0 unspecified atom stereocenters. The van der Waals surface area contributed by atoms with Crippen LogP contribution in [0.3, 0.4) is 0 Å². The maximum absolute atomic E-state index is 10.1. The molecule has 0 aliphatic carbocycles. The number of aliphatic carboxylic acids is 2. The van der Waals surface area contributed by atoms with Crippen molar-refractivity contribution in [3.05, 3.63) is 0 Å². The van der Waals surface area contributed by atoms with Gasteiger partial charge in [0.1, 0.15) is 0 Å². The topological polar surface area (TPSA) is 94.8 Å². The van der Waals surface area contributed by atoms with Crippen molar-refractivity contribution in [1.29, 1.82) is 0 Å². The lowest BCUT2D eigenvalue weighted by molar-refractivity contribution is -0.149. The fraction of sp³-hybridized carbons (Fsp3) is 0.800. The van der Waals surface area contributed by atoms with Crippen molar-refractivity contribution in [2.75, 3.05) is 6.61 Å². The van der Waals surface area contributed by atoms with Gasteiger partial charge in [-0.05, 0) is 34.6 Å². The van der Waals surface area contributed by atoms with E-state index in [9.17, 15) is 9.59 Å². The average molecular weight is 220 g/mol. The van der Waals surface area contributed by atoms with Crippen molar-refractivity contribution in [3.8, 4) is 0 Å². The Morgan fingerprint density at radius 3 is 1.20 bits per heavy atom. The van der Waals surface area contributed by atoms with Crippen molar-refractivity contribution in [2.24, 2.45) is 10.8 Å². The Balaban J connectivity index is 0. The second-order valence-electron chi connectivity index (χ2n) is 4.90. The van der Waals surface area contributed by atoms with E-state index in [-0.39, 0.29) is 6.61 Å². The zero-order chi connectivity index (χ0) is 12.9. The minimum absolute atomic E-state index is 0.317. The van der Waals surface area contributed by atoms with Crippen molar-refractivity contribution in [1.82, 2.24) is 0 Å². The molecule has 0 amide bonds. The Hall–Kier alpha value is -1.10. The second-order valence-corrected chi connectivity index (χ2v) is 4.90. The zero-order valence-corrected chi connectivity index (χ0v) is 9.87. The van der Waals surface area contributed by atoms with Gasteiger partial charge in [-0.3, -0.25) is 9.59 Å². The first kappa shape index (κ1) is 16.3. The lowest BCUT2D eigenvalue weighted by Crippen LogP contribution is -2.27. The van der Waals surface area contributed by atoms with E-state index in [1.165, 1.54) is 13.8 Å². The molecule has 0 atom stereocenters. The molecule has 5 heteroatoms. The molecule has 0 spiro atoms. The highest BCUT2D eigenvalue weighted by atomic mass is 16.4. The molecule has 90 valence electrons. The number of aliphatic hydroxyl groups is 1. The summed E-state index contributed by atoms with van der Waals surface area (Å²) in [7, 11) is 0. The summed E-state index contributed by atoms with van der Waals surface area (Å²) in [5, 5.41) is 24.9. The van der Waals surface area contributed by atoms with Gasteiger partial charge in [-0.25, -0.2) is 0 Å². The highest BCUT2D eigenvalue weighted by Crippen LogP contribution is 2.12. The molecule has 0 saturated carbocycles. The third-order valence-electron chi connectivity index (χ3n) is 1.62. The summed E-state index contributed by atoms with van der Waals surface area (Å²) >= 11 is 0. The predicted octanol–water partition coefficient (Wildman–Crippen LogP) is 1.21. The Morgan fingerprint density at radius 2 is 1.20 bits per heavy atom.